The molecule has 1 fully saturated rings. The molecule has 3 rings (SSSR count). The Kier molecular flexibility index (Phi) is 5.04. The Balaban J connectivity index is 1.97. The van der Waals surface area contributed by atoms with Gasteiger partial charge >= 0.3 is 0 Å². The highest BCUT2D eigenvalue weighted by atomic mass is 16.5. The average Bonchev–Trinajstić information content (AvgIpc) is 2.67. The molecular formula is C20H23NO3. The molecule has 0 unspecified atom stereocenters. The molecule has 0 spiro atoms. The summed E-state index contributed by atoms with van der Waals surface area (Å²) in [6.07, 6.45) is 3.06. The molecule has 1 heterocycles. The van der Waals surface area contributed by atoms with E-state index >= 15 is 0 Å². The monoisotopic (exact) mass is 325 g/mol. The van der Waals surface area contributed by atoms with Gasteiger partial charge in [0.25, 0.3) is 5.91 Å². The van der Waals surface area contributed by atoms with Crippen molar-refractivity contribution in [2.75, 3.05) is 20.8 Å². The minimum Gasteiger partial charge on any atom is -0.497 e. The van der Waals surface area contributed by atoms with Gasteiger partial charge in [0.05, 0.1) is 20.3 Å². The molecule has 1 atom stereocenters. The maximum atomic E-state index is 13.0. The fourth-order valence-electron chi connectivity index (χ4n) is 3.34. The van der Waals surface area contributed by atoms with E-state index in [0.29, 0.717) is 0 Å². The third-order valence-corrected chi connectivity index (χ3v) is 4.58. The highest BCUT2D eigenvalue weighted by molar-refractivity contribution is 5.94. The molecule has 1 amide bonds. The summed E-state index contributed by atoms with van der Waals surface area (Å²) in [5, 5.41) is 0. The van der Waals surface area contributed by atoms with Crippen LogP contribution >= 0.6 is 0 Å². The maximum absolute atomic E-state index is 13.0. The fourth-order valence-corrected chi connectivity index (χ4v) is 3.34. The minimum atomic E-state index is 0.0107. The van der Waals surface area contributed by atoms with Crippen LogP contribution in [0, 0.1) is 0 Å². The largest absolute Gasteiger partial charge is 0.497 e. The molecule has 0 aromatic heterocycles. The van der Waals surface area contributed by atoms with Crippen LogP contribution in [0.2, 0.25) is 0 Å². The van der Waals surface area contributed by atoms with Crippen molar-refractivity contribution in [2.24, 2.45) is 0 Å². The fraction of sp³-hybridized carbons (Fsp3) is 0.350. The number of likely N-dealkylation sites (tertiary alicyclic amines) is 1. The van der Waals surface area contributed by atoms with Gasteiger partial charge in [0.1, 0.15) is 11.5 Å². The van der Waals surface area contributed by atoms with Crippen molar-refractivity contribution in [3.63, 3.8) is 0 Å². The molecule has 24 heavy (non-hydrogen) atoms. The van der Waals surface area contributed by atoms with Crippen molar-refractivity contribution in [1.82, 2.24) is 4.90 Å². The van der Waals surface area contributed by atoms with Crippen molar-refractivity contribution < 1.29 is 14.3 Å². The smallest absolute Gasteiger partial charge is 0.254 e. The van der Waals surface area contributed by atoms with E-state index in [4.69, 9.17) is 9.47 Å². The zero-order chi connectivity index (χ0) is 16.9. The lowest BCUT2D eigenvalue weighted by Gasteiger charge is -2.37. The summed E-state index contributed by atoms with van der Waals surface area (Å²) < 4.78 is 10.9. The second-order valence-corrected chi connectivity index (χ2v) is 5.98. The lowest BCUT2D eigenvalue weighted by molar-refractivity contribution is 0.0608. The Bertz CT molecular complexity index is 699. The van der Waals surface area contributed by atoms with Crippen LogP contribution in [0.4, 0.5) is 0 Å². The number of nitrogens with zero attached hydrogens (tertiary/aromatic N) is 1. The van der Waals surface area contributed by atoms with Crippen LogP contribution in [0.3, 0.4) is 0 Å². The van der Waals surface area contributed by atoms with Gasteiger partial charge in [-0.05, 0) is 49.6 Å². The van der Waals surface area contributed by atoms with Gasteiger partial charge in [-0.2, -0.15) is 0 Å². The van der Waals surface area contributed by atoms with Crippen molar-refractivity contribution in [2.45, 2.75) is 25.3 Å². The first-order chi connectivity index (χ1) is 11.7. The molecule has 0 aliphatic carbocycles. The molecule has 0 saturated carbocycles. The van der Waals surface area contributed by atoms with Crippen LogP contribution in [0.5, 0.6) is 11.5 Å². The molecule has 1 aliphatic heterocycles. The maximum Gasteiger partial charge on any atom is 0.254 e. The first-order valence-electron chi connectivity index (χ1n) is 8.32. The van der Waals surface area contributed by atoms with Gasteiger partial charge < -0.3 is 14.4 Å². The summed E-state index contributed by atoms with van der Waals surface area (Å²) in [5.41, 5.74) is 1.74. The first kappa shape index (κ1) is 16.4. The van der Waals surface area contributed by atoms with Crippen LogP contribution in [0.1, 0.15) is 41.2 Å². The van der Waals surface area contributed by atoms with Crippen LogP contribution in [0.15, 0.2) is 48.5 Å². The number of benzene rings is 2. The van der Waals surface area contributed by atoms with Crippen LogP contribution < -0.4 is 9.47 Å². The Morgan fingerprint density at radius 3 is 2.54 bits per heavy atom. The second-order valence-electron chi connectivity index (χ2n) is 5.98. The molecule has 126 valence electrons. The molecule has 4 heteroatoms. The number of methoxy groups -OCH3 is 2. The number of hydrogen-bond donors (Lipinski definition) is 0. The molecule has 0 radical (unpaired) electrons. The van der Waals surface area contributed by atoms with E-state index in [2.05, 4.69) is 0 Å². The number of ether oxygens (including phenoxy) is 2. The Labute approximate surface area is 143 Å². The highest BCUT2D eigenvalue weighted by Crippen LogP contribution is 2.38. The molecule has 0 bridgehead atoms. The summed E-state index contributed by atoms with van der Waals surface area (Å²) in [5.74, 6) is 1.65. The summed E-state index contributed by atoms with van der Waals surface area (Å²) in [4.78, 5) is 15.0. The highest BCUT2D eigenvalue weighted by Gasteiger charge is 2.30. The van der Waals surface area contributed by atoms with Crippen molar-refractivity contribution in [1.29, 1.82) is 0 Å². The predicted molar refractivity (Wildman–Crippen MR) is 93.6 cm³/mol. The van der Waals surface area contributed by atoms with E-state index in [-0.39, 0.29) is 11.9 Å². The number of carbonyl (C=O) groups is 1. The third-order valence-electron chi connectivity index (χ3n) is 4.58. The van der Waals surface area contributed by atoms with E-state index in [9.17, 15) is 4.79 Å². The molecule has 4 nitrogen and oxygen atoms in total. The van der Waals surface area contributed by atoms with Gasteiger partial charge in [0.15, 0.2) is 0 Å². The second kappa shape index (κ2) is 7.39. The summed E-state index contributed by atoms with van der Waals surface area (Å²) in [6, 6.07) is 15.3. The Morgan fingerprint density at radius 2 is 1.83 bits per heavy atom. The van der Waals surface area contributed by atoms with Gasteiger partial charge in [-0.3, -0.25) is 4.79 Å². The van der Waals surface area contributed by atoms with Gasteiger partial charge in [-0.15, -0.1) is 0 Å². The van der Waals surface area contributed by atoms with Gasteiger partial charge in [0, 0.05) is 17.7 Å². The SMILES string of the molecule is COc1ccc(OC)c([C@H]2CCCCN2C(=O)c2ccccc2)c1. The number of piperidine rings is 1. The number of rotatable bonds is 4. The summed E-state index contributed by atoms with van der Waals surface area (Å²) in [6.45, 7) is 0.763. The van der Waals surface area contributed by atoms with Crippen molar-refractivity contribution in [3.05, 3.63) is 59.7 Å². The van der Waals surface area contributed by atoms with E-state index in [1.165, 1.54) is 0 Å². The van der Waals surface area contributed by atoms with E-state index in [1.54, 1.807) is 14.2 Å². The third kappa shape index (κ3) is 3.23. The summed E-state index contributed by atoms with van der Waals surface area (Å²) >= 11 is 0. The molecule has 1 saturated heterocycles. The van der Waals surface area contributed by atoms with Crippen molar-refractivity contribution in [3.8, 4) is 11.5 Å². The van der Waals surface area contributed by atoms with Gasteiger partial charge in [-0.1, -0.05) is 18.2 Å². The van der Waals surface area contributed by atoms with Crippen molar-refractivity contribution >= 4 is 5.91 Å². The number of amides is 1. The van der Waals surface area contributed by atoms with Gasteiger partial charge in [-0.25, -0.2) is 0 Å². The molecule has 2 aromatic carbocycles. The Hall–Kier alpha value is -2.49. The molecule has 0 N–H and O–H groups in total. The Morgan fingerprint density at radius 1 is 1.04 bits per heavy atom. The van der Waals surface area contributed by atoms with Crippen LogP contribution in [0.25, 0.3) is 0 Å². The zero-order valence-corrected chi connectivity index (χ0v) is 14.2. The topological polar surface area (TPSA) is 38.8 Å². The lowest BCUT2D eigenvalue weighted by atomic mass is 9.93. The zero-order valence-electron chi connectivity index (χ0n) is 14.2. The predicted octanol–water partition coefficient (Wildman–Crippen LogP) is 4.07. The summed E-state index contributed by atoms with van der Waals surface area (Å²) in [7, 11) is 3.32. The normalized spacial score (nSPS) is 17.4. The van der Waals surface area contributed by atoms with Crippen LogP contribution in [-0.4, -0.2) is 31.6 Å². The van der Waals surface area contributed by atoms with E-state index in [1.807, 2.05) is 53.4 Å². The molecule has 2 aromatic rings. The first-order valence-corrected chi connectivity index (χ1v) is 8.32. The van der Waals surface area contributed by atoms with E-state index < -0.39 is 0 Å². The quantitative estimate of drug-likeness (QED) is 0.850. The number of carbonyl (C=O) groups excluding carboxylic acids is 1. The number of hydrogen-bond acceptors (Lipinski definition) is 3. The standard InChI is InChI=1S/C20H23NO3/c1-23-16-11-12-19(24-2)17(14-16)18-10-6-7-13-21(18)20(22)15-8-4-3-5-9-15/h3-5,8-9,11-12,14,18H,6-7,10,13H2,1-2H3/t18-/m1/s1. The molecular weight excluding hydrogens is 302 g/mol. The average molecular weight is 325 g/mol. The minimum absolute atomic E-state index is 0.0107. The molecule has 1 aliphatic rings. The van der Waals surface area contributed by atoms with Crippen LogP contribution in [-0.2, 0) is 0 Å². The van der Waals surface area contributed by atoms with Gasteiger partial charge in [0.2, 0.25) is 0 Å². The lowest BCUT2D eigenvalue weighted by Crippen LogP contribution is -2.38. The van der Waals surface area contributed by atoms with E-state index in [0.717, 1.165) is 48.4 Å².